The van der Waals surface area contributed by atoms with Gasteiger partial charge >= 0.3 is 0 Å². The monoisotopic (exact) mass is 359 g/mol. The molecule has 3 aromatic rings. The summed E-state index contributed by atoms with van der Waals surface area (Å²) in [5.74, 6) is 0.783. The molecule has 0 unspecified atom stereocenters. The van der Waals surface area contributed by atoms with E-state index in [1.807, 2.05) is 43.5 Å². The number of aromatic nitrogens is 4. The van der Waals surface area contributed by atoms with Crippen molar-refractivity contribution in [2.45, 2.75) is 24.3 Å². The SMILES string of the molecule is CCc1cc(NC[C@@H](O)COc2ccccc2SC)c2nncn2n1. The Kier molecular flexibility index (Phi) is 5.72. The van der Waals surface area contributed by atoms with E-state index in [9.17, 15) is 5.11 Å². The number of aliphatic hydroxyl groups is 1. The lowest BCUT2D eigenvalue weighted by Gasteiger charge is -2.16. The van der Waals surface area contributed by atoms with E-state index in [0.717, 1.165) is 28.4 Å². The fourth-order valence-electron chi connectivity index (χ4n) is 2.39. The molecule has 0 fully saturated rings. The molecule has 1 aromatic carbocycles. The Morgan fingerprint density at radius 3 is 3.00 bits per heavy atom. The Labute approximate surface area is 150 Å². The van der Waals surface area contributed by atoms with Crippen LogP contribution in [0.2, 0.25) is 0 Å². The van der Waals surface area contributed by atoms with Gasteiger partial charge in [0.25, 0.3) is 0 Å². The number of aryl methyl sites for hydroxylation is 1. The van der Waals surface area contributed by atoms with Crippen molar-refractivity contribution in [3.63, 3.8) is 0 Å². The van der Waals surface area contributed by atoms with Gasteiger partial charge in [0, 0.05) is 11.4 Å². The molecule has 0 aliphatic carbocycles. The van der Waals surface area contributed by atoms with Crippen LogP contribution in [-0.2, 0) is 6.42 Å². The molecule has 0 spiro atoms. The lowest BCUT2D eigenvalue weighted by atomic mass is 10.3. The number of ether oxygens (including phenoxy) is 1. The number of thioether (sulfide) groups is 1. The first-order valence-corrected chi connectivity index (χ1v) is 9.31. The second kappa shape index (κ2) is 8.17. The van der Waals surface area contributed by atoms with Crippen LogP contribution in [0, 0.1) is 0 Å². The number of benzene rings is 1. The summed E-state index contributed by atoms with van der Waals surface area (Å²) in [5.41, 5.74) is 2.36. The minimum atomic E-state index is -0.656. The molecule has 0 amide bonds. The van der Waals surface area contributed by atoms with E-state index >= 15 is 0 Å². The number of aliphatic hydroxyl groups excluding tert-OH is 1. The third-order valence-corrected chi connectivity index (χ3v) is 4.49. The zero-order valence-electron chi connectivity index (χ0n) is 14.2. The van der Waals surface area contributed by atoms with Gasteiger partial charge in [-0.15, -0.1) is 22.0 Å². The van der Waals surface area contributed by atoms with Crippen molar-refractivity contribution in [3.05, 3.63) is 42.4 Å². The van der Waals surface area contributed by atoms with Crippen molar-refractivity contribution < 1.29 is 9.84 Å². The molecule has 7 nitrogen and oxygen atoms in total. The maximum absolute atomic E-state index is 10.2. The van der Waals surface area contributed by atoms with Crippen molar-refractivity contribution >= 4 is 23.1 Å². The highest BCUT2D eigenvalue weighted by molar-refractivity contribution is 7.98. The zero-order chi connectivity index (χ0) is 17.6. The molecule has 0 aliphatic heterocycles. The van der Waals surface area contributed by atoms with E-state index in [1.165, 1.54) is 0 Å². The minimum absolute atomic E-state index is 0.208. The number of hydrogen-bond acceptors (Lipinski definition) is 7. The van der Waals surface area contributed by atoms with Gasteiger partial charge in [0.15, 0.2) is 0 Å². The summed E-state index contributed by atoms with van der Waals surface area (Å²) in [6.07, 6.45) is 3.72. The number of anilines is 1. The molecule has 0 aliphatic rings. The molecule has 8 heteroatoms. The Bertz CT molecular complexity index is 839. The van der Waals surface area contributed by atoms with Gasteiger partial charge < -0.3 is 15.2 Å². The van der Waals surface area contributed by atoms with E-state index in [0.29, 0.717) is 12.2 Å². The summed E-state index contributed by atoms with van der Waals surface area (Å²) in [5, 5.41) is 25.8. The summed E-state index contributed by atoms with van der Waals surface area (Å²) in [4.78, 5) is 1.05. The highest BCUT2D eigenvalue weighted by Gasteiger charge is 2.11. The van der Waals surface area contributed by atoms with E-state index in [2.05, 4.69) is 20.6 Å². The largest absolute Gasteiger partial charge is 0.490 e. The number of nitrogens with one attached hydrogen (secondary N) is 1. The summed E-state index contributed by atoms with van der Waals surface area (Å²) < 4.78 is 7.38. The molecule has 2 heterocycles. The second-order valence-electron chi connectivity index (χ2n) is 5.50. The van der Waals surface area contributed by atoms with Crippen LogP contribution < -0.4 is 10.1 Å². The molecule has 3 rings (SSSR count). The second-order valence-corrected chi connectivity index (χ2v) is 6.35. The van der Waals surface area contributed by atoms with Crippen LogP contribution in [0.5, 0.6) is 5.75 Å². The quantitative estimate of drug-likeness (QED) is 0.597. The highest BCUT2D eigenvalue weighted by Crippen LogP contribution is 2.26. The van der Waals surface area contributed by atoms with E-state index in [-0.39, 0.29) is 6.61 Å². The standard InChI is InChI=1S/C17H21N5O2S/c1-3-12-8-14(17-20-19-11-22(17)21-12)18-9-13(23)10-24-15-6-4-5-7-16(15)25-2/h4-8,11,13,18,23H,3,9-10H2,1-2H3/t13-/m1/s1. The highest BCUT2D eigenvalue weighted by atomic mass is 32.2. The van der Waals surface area contributed by atoms with Crippen LogP contribution in [0.3, 0.4) is 0 Å². The van der Waals surface area contributed by atoms with Gasteiger partial charge in [0.1, 0.15) is 24.8 Å². The molecule has 0 radical (unpaired) electrons. The van der Waals surface area contributed by atoms with Gasteiger partial charge in [-0.1, -0.05) is 19.1 Å². The van der Waals surface area contributed by atoms with Gasteiger partial charge in [0.2, 0.25) is 5.65 Å². The Morgan fingerprint density at radius 2 is 2.20 bits per heavy atom. The fraction of sp³-hybridized carbons (Fsp3) is 0.353. The predicted octanol–water partition coefficient (Wildman–Crippen LogP) is 2.26. The first kappa shape index (κ1) is 17.5. The third-order valence-electron chi connectivity index (χ3n) is 3.71. The van der Waals surface area contributed by atoms with E-state index in [4.69, 9.17) is 4.74 Å². The average Bonchev–Trinajstić information content (AvgIpc) is 3.13. The van der Waals surface area contributed by atoms with Crippen molar-refractivity contribution in [2.24, 2.45) is 0 Å². The molecular weight excluding hydrogens is 338 g/mol. The Balaban J connectivity index is 1.61. The Hall–Kier alpha value is -2.32. The molecular formula is C17H21N5O2S. The molecule has 0 saturated carbocycles. The van der Waals surface area contributed by atoms with Crippen LogP contribution in [0.15, 0.2) is 41.6 Å². The van der Waals surface area contributed by atoms with Gasteiger partial charge in [-0.05, 0) is 30.9 Å². The Morgan fingerprint density at radius 1 is 1.36 bits per heavy atom. The van der Waals surface area contributed by atoms with Gasteiger partial charge in [0.05, 0.1) is 11.4 Å². The van der Waals surface area contributed by atoms with Crippen LogP contribution in [0.4, 0.5) is 5.69 Å². The van der Waals surface area contributed by atoms with Crippen molar-refractivity contribution in [1.29, 1.82) is 0 Å². The number of hydrogen-bond donors (Lipinski definition) is 2. The molecule has 132 valence electrons. The van der Waals surface area contributed by atoms with Crippen molar-refractivity contribution in [1.82, 2.24) is 19.8 Å². The van der Waals surface area contributed by atoms with Gasteiger partial charge in [-0.3, -0.25) is 0 Å². The fourth-order valence-corrected chi connectivity index (χ4v) is 2.94. The van der Waals surface area contributed by atoms with Gasteiger partial charge in [-0.25, -0.2) is 0 Å². The van der Waals surface area contributed by atoms with Crippen LogP contribution >= 0.6 is 11.8 Å². The third kappa shape index (κ3) is 4.21. The molecule has 2 aromatic heterocycles. The topological polar surface area (TPSA) is 84.6 Å². The van der Waals surface area contributed by atoms with E-state index < -0.39 is 6.10 Å². The molecule has 25 heavy (non-hydrogen) atoms. The maximum atomic E-state index is 10.2. The lowest BCUT2D eigenvalue weighted by Crippen LogP contribution is -2.26. The smallest absolute Gasteiger partial charge is 0.200 e. The van der Waals surface area contributed by atoms with Gasteiger partial charge in [-0.2, -0.15) is 9.61 Å². The molecule has 1 atom stereocenters. The summed E-state index contributed by atoms with van der Waals surface area (Å²) in [7, 11) is 0. The van der Waals surface area contributed by atoms with Crippen LogP contribution in [0.25, 0.3) is 5.65 Å². The summed E-state index contributed by atoms with van der Waals surface area (Å²) in [6.45, 7) is 2.59. The normalized spacial score (nSPS) is 12.3. The van der Waals surface area contributed by atoms with Crippen LogP contribution in [0.1, 0.15) is 12.6 Å². The number of para-hydroxylation sites is 1. The average molecular weight is 359 g/mol. The predicted molar refractivity (Wildman–Crippen MR) is 98.4 cm³/mol. The molecule has 0 bridgehead atoms. The maximum Gasteiger partial charge on any atom is 0.200 e. The lowest BCUT2D eigenvalue weighted by molar-refractivity contribution is 0.116. The summed E-state index contributed by atoms with van der Waals surface area (Å²) in [6, 6.07) is 9.72. The number of fused-ring (bicyclic) bond motifs is 1. The summed E-state index contributed by atoms with van der Waals surface area (Å²) >= 11 is 1.62. The minimum Gasteiger partial charge on any atom is -0.490 e. The number of rotatable bonds is 8. The molecule has 0 saturated heterocycles. The first-order chi connectivity index (χ1) is 12.2. The van der Waals surface area contributed by atoms with E-state index in [1.54, 1.807) is 22.6 Å². The molecule has 2 N–H and O–H groups in total. The van der Waals surface area contributed by atoms with Crippen molar-refractivity contribution in [2.75, 3.05) is 24.7 Å². The van der Waals surface area contributed by atoms with Crippen molar-refractivity contribution in [3.8, 4) is 5.75 Å². The number of nitrogens with zero attached hydrogens (tertiary/aromatic N) is 4. The first-order valence-electron chi connectivity index (χ1n) is 8.09. The zero-order valence-corrected chi connectivity index (χ0v) is 15.0. The van der Waals surface area contributed by atoms with Crippen LogP contribution in [-0.4, -0.2) is 50.4 Å².